The fourth-order valence-corrected chi connectivity index (χ4v) is 2.95. The average molecular weight is 339 g/mol. The molecule has 0 bridgehead atoms. The second-order valence-corrected chi connectivity index (χ2v) is 6.46. The van der Waals surface area contributed by atoms with Gasteiger partial charge in [-0.2, -0.15) is 0 Å². The lowest BCUT2D eigenvalue weighted by Gasteiger charge is -2.10. The van der Waals surface area contributed by atoms with Crippen LogP contribution in [0.15, 0.2) is 47.4 Å². The highest BCUT2D eigenvalue weighted by Gasteiger charge is 2.16. The SMILES string of the molecule is CCOc1cc(S(=O)(=O)NCc2ccc(OC)cc2)ccc1F. The highest BCUT2D eigenvalue weighted by molar-refractivity contribution is 7.89. The van der Waals surface area contributed by atoms with E-state index < -0.39 is 15.8 Å². The molecule has 0 radical (unpaired) electrons. The van der Waals surface area contributed by atoms with Gasteiger partial charge >= 0.3 is 0 Å². The van der Waals surface area contributed by atoms with Gasteiger partial charge < -0.3 is 9.47 Å². The molecule has 2 rings (SSSR count). The third-order valence-electron chi connectivity index (χ3n) is 3.14. The fraction of sp³-hybridized carbons (Fsp3) is 0.250. The van der Waals surface area contributed by atoms with Gasteiger partial charge in [-0.25, -0.2) is 17.5 Å². The summed E-state index contributed by atoms with van der Waals surface area (Å²) in [6.45, 7) is 2.07. The van der Waals surface area contributed by atoms with E-state index in [0.717, 1.165) is 11.6 Å². The minimum atomic E-state index is -3.76. The molecule has 0 heterocycles. The third kappa shape index (κ3) is 4.43. The van der Waals surface area contributed by atoms with Crippen molar-refractivity contribution in [3.63, 3.8) is 0 Å². The zero-order valence-corrected chi connectivity index (χ0v) is 13.7. The predicted octanol–water partition coefficient (Wildman–Crippen LogP) is 2.71. The lowest BCUT2D eigenvalue weighted by Crippen LogP contribution is -2.23. The van der Waals surface area contributed by atoms with Crippen molar-refractivity contribution in [3.05, 3.63) is 53.8 Å². The molecule has 0 fully saturated rings. The van der Waals surface area contributed by atoms with Gasteiger partial charge in [0.2, 0.25) is 10.0 Å². The molecular formula is C16H18FNO4S. The summed E-state index contributed by atoms with van der Waals surface area (Å²) in [5, 5.41) is 0. The summed E-state index contributed by atoms with van der Waals surface area (Å²) in [7, 11) is -2.20. The van der Waals surface area contributed by atoms with E-state index >= 15 is 0 Å². The largest absolute Gasteiger partial charge is 0.497 e. The highest BCUT2D eigenvalue weighted by Crippen LogP contribution is 2.22. The third-order valence-corrected chi connectivity index (χ3v) is 4.54. The Hall–Kier alpha value is -2.12. The first-order chi connectivity index (χ1) is 11.0. The van der Waals surface area contributed by atoms with Gasteiger partial charge in [-0.05, 0) is 36.8 Å². The number of nitrogens with one attached hydrogen (secondary N) is 1. The number of ether oxygens (including phenoxy) is 2. The molecule has 124 valence electrons. The van der Waals surface area contributed by atoms with Gasteiger partial charge in [0.25, 0.3) is 0 Å². The lowest BCUT2D eigenvalue weighted by molar-refractivity contribution is 0.320. The first-order valence-corrected chi connectivity index (χ1v) is 8.49. The van der Waals surface area contributed by atoms with Gasteiger partial charge in [0.15, 0.2) is 11.6 Å². The Bertz CT molecular complexity index is 760. The molecule has 0 aliphatic carbocycles. The molecule has 0 aromatic heterocycles. The number of rotatable bonds is 7. The quantitative estimate of drug-likeness (QED) is 0.842. The maximum atomic E-state index is 13.5. The van der Waals surface area contributed by atoms with Crippen LogP contribution in [-0.4, -0.2) is 22.1 Å². The van der Waals surface area contributed by atoms with E-state index in [4.69, 9.17) is 9.47 Å². The Morgan fingerprint density at radius 3 is 2.43 bits per heavy atom. The topological polar surface area (TPSA) is 64.6 Å². The van der Waals surface area contributed by atoms with Crippen molar-refractivity contribution in [2.24, 2.45) is 0 Å². The van der Waals surface area contributed by atoms with Gasteiger partial charge in [-0.3, -0.25) is 0 Å². The fourth-order valence-electron chi connectivity index (χ4n) is 1.92. The molecule has 2 aromatic rings. The van der Waals surface area contributed by atoms with Crippen LogP contribution in [0.5, 0.6) is 11.5 Å². The summed E-state index contributed by atoms with van der Waals surface area (Å²) in [4.78, 5) is -0.0455. The molecule has 0 unspecified atom stereocenters. The highest BCUT2D eigenvalue weighted by atomic mass is 32.2. The van der Waals surface area contributed by atoms with Crippen molar-refractivity contribution in [3.8, 4) is 11.5 Å². The second kappa shape index (κ2) is 7.43. The van der Waals surface area contributed by atoms with Crippen molar-refractivity contribution in [2.75, 3.05) is 13.7 Å². The molecular weight excluding hydrogens is 321 g/mol. The molecule has 0 saturated heterocycles. The molecule has 0 aliphatic heterocycles. The maximum Gasteiger partial charge on any atom is 0.241 e. The van der Waals surface area contributed by atoms with Crippen LogP contribution in [0.2, 0.25) is 0 Å². The van der Waals surface area contributed by atoms with Crippen LogP contribution in [0.4, 0.5) is 4.39 Å². The number of sulfonamides is 1. The Morgan fingerprint density at radius 2 is 1.83 bits per heavy atom. The summed E-state index contributed by atoms with van der Waals surface area (Å²) in [5.41, 5.74) is 0.779. The summed E-state index contributed by atoms with van der Waals surface area (Å²) in [5.74, 6) is 0.0114. The van der Waals surface area contributed by atoms with Gasteiger partial charge in [0, 0.05) is 12.6 Å². The van der Waals surface area contributed by atoms with Gasteiger partial charge in [-0.1, -0.05) is 12.1 Å². The molecule has 7 heteroatoms. The van der Waals surface area contributed by atoms with Crippen molar-refractivity contribution in [2.45, 2.75) is 18.4 Å². The zero-order chi connectivity index (χ0) is 16.9. The van der Waals surface area contributed by atoms with E-state index in [1.54, 1.807) is 38.3 Å². The number of methoxy groups -OCH3 is 1. The molecule has 2 aromatic carbocycles. The van der Waals surface area contributed by atoms with Gasteiger partial charge in [0.1, 0.15) is 5.75 Å². The van der Waals surface area contributed by atoms with E-state index in [2.05, 4.69) is 4.72 Å². The second-order valence-electron chi connectivity index (χ2n) is 4.70. The van der Waals surface area contributed by atoms with E-state index in [1.165, 1.54) is 12.1 Å². The minimum absolute atomic E-state index is 0.0455. The Kier molecular flexibility index (Phi) is 5.57. The Morgan fingerprint density at radius 1 is 1.13 bits per heavy atom. The van der Waals surface area contributed by atoms with Crippen LogP contribution >= 0.6 is 0 Å². The van der Waals surface area contributed by atoms with Crippen molar-refractivity contribution in [1.82, 2.24) is 4.72 Å². The number of benzene rings is 2. The van der Waals surface area contributed by atoms with Crippen LogP contribution in [0.25, 0.3) is 0 Å². The smallest absolute Gasteiger partial charge is 0.241 e. The van der Waals surface area contributed by atoms with Gasteiger partial charge in [0.05, 0.1) is 18.6 Å². The number of halogens is 1. The molecule has 23 heavy (non-hydrogen) atoms. The Labute approximate surface area is 135 Å². The molecule has 0 saturated carbocycles. The molecule has 0 spiro atoms. The van der Waals surface area contributed by atoms with Crippen molar-refractivity contribution >= 4 is 10.0 Å². The first-order valence-electron chi connectivity index (χ1n) is 7.01. The van der Waals surface area contributed by atoms with Crippen molar-refractivity contribution < 1.29 is 22.3 Å². The van der Waals surface area contributed by atoms with E-state index in [-0.39, 0.29) is 23.8 Å². The molecule has 0 aliphatic rings. The van der Waals surface area contributed by atoms with E-state index in [1.807, 2.05) is 0 Å². The minimum Gasteiger partial charge on any atom is -0.497 e. The maximum absolute atomic E-state index is 13.5. The van der Waals surface area contributed by atoms with Crippen LogP contribution in [0.3, 0.4) is 0 Å². The monoisotopic (exact) mass is 339 g/mol. The number of hydrogen-bond donors (Lipinski definition) is 1. The first kappa shape index (κ1) is 17.2. The lowest BCUT2D eigenvalue weighted by atomic mass is 10.2. The molecule has 0 amide bonds. The number of hydrogen-bond acceptors (Lipinski definition) is 4. The van der Waals surface area contributed by atoms with E-state index in [0.29, 0.717) is 5.75 Å². The van der Waals surface area contributed by atoms with Crippen LogP contribution in [0, 0.1) is 5.82 Å². The van der Waals surface area contributed by atoms with Crippen LogP contribution in [0.1, 0.15) is 12.5 Å². The summed E-state index contributed by atoms with van der Waals surface area (Å²) >= 11 is 0. The standard InChI is InChI=1S/C16H18FNO4S/c1-3-22-16-10-14(8-9-15(16)17)23(19,20)18-11-12-4-6-13(21-2)7-5-12/h4-10,18H,3,11H2,1-2H3. The van der Waals surface area contributed by atoms with Crippen LogP contribution in [-0.2, 0) is 16.6 Å². The summed E-state index contributed by atoms with van der Waals surface area (Å²) in [6, 6.07) is 10.5. The predicted molar refractivity (Wildman–Crippen MR) is 84.6 cm³/mol. The van der Waals surface area contributed by atoms with Crippen molar-refractivity contribution in [1.29, 1.82) is 0 Å². The van der Waals surface area contributed by atoms with Gasteiger partial charge in [-0.15, -0.1) is 0 Å². The molecule has 1 N–H and O–H groups in total. The average Bonchev–Trinajstić information content (AvgIpc) is 2.55. The zero-order valence-electron chi connectivity index (χ0n) is 12.9. The summed E-state index contributed by atoms with van der Waals surface area (Å²) < 4.78 is 50.7. The summed E-state index contributed by atoms with van der Waals surface area (Å²) in [6.07, 6.45) is 0. The normalized spacial score (nSPS) is 11.3. The molecule has 0 atom stereocenters. The van der Waals surface area contributed by atoms with Crippen LogP contribution < -0.4 is 14.2 Å². The Balaban J connectivity index is 2.13. The van der Waals surface area contributed by atoms with E-state index in [9.17, 15) is 12.8 Å². The molecule has 5 nitrogen and oxygen atoms in total.